The number of hydrogen-bond donors (Lipinski definition) is 2. The fourth-order valence-electron chi connectivity index (χ4n) is 4.63. The molecule has 0 bridgehead atoms. The molecule has 2 N–H and O–H groups in total. The Morgan fingerprint density at radius 3 is 2.16 bits per heavy atom. The Morgan fingerprint density at radius 2 is 1.53 bits per heavy atom. The van der Waals surface area contributed by atoms with Gasteiger partial charge in [-0.05, 0) is 68.2 Å². The fraction of sp³-hybridized carbons (Fsp3) is 0.333. The average Bonchev–Trinajstić information content (AvgIpc) is 3.08. The summed E-state index contributed by atoms with van der Waals surface area (Å²) in [6.45, 7) is 4.09. The highest BCUT2D eigenvalue weighted by Crippen LogP contribution is 2.31. The summed E-state index contributed by atoms with van der Waals surface area (Å²) in [5.41, 5.74) is 5.44. The highest BCUT2D eigenvalue weighted by atomic mass is 32.1. The average molecular weight is 448 g/mol. The summed E-state index contributed by atoms with van der Waals surface area (Å²) in [5.74, 6) is -1.02. The number of carbonyl (C=O) groups is 2. The Hall–Kier alpha value is -2.92. The lowest BCUT2D eigenvalue weighted by molar-refractivity contribution is -0.142. The topological polar surface area (TPSA) is 66.4 Å². The van der Waals surface area contributed by atoms with E-state index in [1.54, 1.807) is 11.3 Å². The van der Waals surface area contributed by atoms with Gasteiger partial charge in [-0.15, -0.1) is 11.3 Å². The van der Waals surface area contributed by atoms with E-state index in [2.05, 4.69) is 48.6 Å². The number of carbonyl (C=O) groups excluding carboxylic acids is 1. The highest BCUT2D eigenvalue weighted by molar-refractivity contribution is 7.12. The van der Waals surface area contributed by atoms with Crippen molar-refractivity contribution in [1.82, 2.24) is 5.32 Å². The van der Waals surface area contributed by atoms with Crippen LogP contribution in [0.15, 0.2) is 54.6 Å². The first kappa shape index (κ1) is 22.3. The van der Waals surface area contributed by atoms with Gasteiger partial charge in [0.2, 0.25) is 0 Å². The lowest BCUT2D eigenvalue weighted by Gasteiger charge is -2.27. The van der Waals surface area contributed by atoms with Crippen molar-refractivity contribution in [2.24, 2.45) is 5.92 Å². The van der Waals surface area contributed by atoms with E-state index in [0.29, 0.717) is 12.8 Å². The van der Waals surface area contributed by atoms with Gasteiger partial charge in [0.25, 0.3) is 5.91 Å². The van der Waals surface area contributed by atoms with Crippen LogP contribution in [0.2, 0.25) is 0 Å². The predicted octanol–water partition coefficient (Wildman–Crippen LogP) is 6.00. The Kier molecular flexibility index (Phi) is 6.75. The zero-order chi connectivity index (χ0) is 22.7. The molecule has 0 radical (unpaired) electrons. The maximum absolute atomic E-state index is 13.2. The molecule has 1 amide bonds. The van der Waals surface area contributed by atoms with Crippen LogP contribution in [-0.4, -0.2) is 23.0 Å². The van der Waals surface area contributed by atoms with Crippen molar-refractivity contribution in [3.05, 3.63) is 81.0 Å². The SMILES string of the molecule is Cc1sc(C)c(C(=O)N[C@H]2CC[C@@H](C(=O)O)CC2)c1Cc1ccc(-c2ccccc2)cc1. The summed E-state index contributed by atoms with van der Waals surface area (Å²) in [5, 5.41) is 12.4. The maximum Gasteiger partial charge on any atom is 0.306 e. The van der Waals surface area contributed by atoms with E-state index >= 15 is 0 Å². The van der Waals surface area contributed by atoms with E-state index in [4.69, 9.17) is 0 Å². The molecule has 2 aromatic carbocycles. The predicted molar refractivity (Wildman–Crippen MR) is 129 cm³/mol. The zero-order valence-corrected chi connectivity index (χ0v) is 19.4. The number of rotatable bonds is 6. The van der Waals surface area contributed by atoms with Gasteiger partial charge in [0.15, 0.2) is 0 Å². The standard InChI is InChI=1S/C27H29NO3S/c1-17-24(16-19-8-10-21(11-9-19)20-6-4-3-5-7-20)25(18(2)32-17)26(29)28-23-14-12-22(13-15-23)27(30)31/h3-11,22-23H,12-16H2,1-2H3,(H,28,29)(H,30,31)/t22-,23+. The number of amides is 1. The molecule has 0 saturated heterocycles. The monoisotopic (exact) mass is 447 g/mol. The molecule has 4 rings (SSSR count). The molecule has 1 aromatic heterocycles. The van der Waals surface area contributed by atoms with Crippen molar-refractivity contribution in [3.63, 3.8) is 0 Å². The molecule has 3 aromatic rings. The molecule has 32 heavy (non-hydrogen) atoms. The van der Waals surface area contributed by atoms with E-state index in [1.165, 1.54) is 21.6 Å². The summed E-state index contributed by atoms with van der Waals surface area (Å²) in [6.07, 6.45) is 3.42. The summed E-state index contributed by atoms with van der Waals surface area (Å²) < 4.78 is 0. The summed E-state index contributed by atoms with van der Waals surface area (Å²) >= 11 is 1.67. The van der Waals surface area contributed by atoms with Crippen LogP contribution in [0.5, 0.6) is 0 Å². The molecule has 1 saturated carbocycles. The zero-order valence-electron chi connectivity index (χ0n) is 18.6. The maximum atomic E-state index is 13.2. The number of aryl methyl sites for hydroxylation is 2. The van der Waals surface area contributed by atoms with Crippen LogP contribution in [-0.2, 0) is 11.2 Å². The molecule has 1 fully saturated rings. The van der Waals surface area contributed by atoms with Gasteiger partial charge in [0.05, 0.1) is 11.5 Å². The smallest absolute Gasteiger partial charge is 0.306 e. The number of carboxylic acids is 1. The van der Waals surface area contributed by atoms with Crippen LogP contribution >= 0.6 is 11.3 Å². The second kappa shape index (κ2) is 9.70. The second-order valence-corrected chi connectivity index (χ2v) is 10.1. The number of aliphatic carboxylic acids is 1. The first-order valence-corrected chi connectivity index (χ1v) is 12.0. The third-order valence-electron chi connectivity index (χ3n) is 6.47. The number of nitrogens with one attached hydrogen (secondary N) is 1. The van der Waals surface area contributed by atoms with Crippen molar-refractivity contribution in [2.75, 3.05) is 0 Å². The van der Waals surface area contributed by atoms with Crippen LogP contribution < -0.4 is 5.32 Å². The molecule has 4 nitrogen and oxygen atoms in total. The van der Waals surface area contributed by atoms with E-state index < -0.39 is 5.97 Å². The van der Waals surface area contributed by atoms with Crippen molar-refractivity contribution < 1.29 is 14.7 Å². The number of hydrogen-bond acceptors (Lipinski definition) is 3. The van der Waals surface area contributed by atoms with Crippen LogP contribution in [0.1, 0.15) is 56.9 Å². The molecule has 0 spiro atoms. The lowest BCUT2D eigenvalue weighted by atomic mass is 9.86. The van der Waals surface area contributed by atoms with Crippen LogP contribution in [0, 0.1) is 19.8 Å². The fourth-order valence-corrected chi connectivity index (χ4v) is 5.71. The Balaban J connectivity index is 1.47. The van der Waals surface area contributed by atoms with E-state index in [-0.39, 0.29) is 17.9 Å². The largest absolute Gasteiger partial charge is 0.481 e. The minimum absolute atomic E-state index is 0.0264. The summed E-state index contributed by atoms with van der Waals surface area (Å²) in [7, 11) is 0. The van der Waals surface area contributed by atoms with Crippen LogP contribution in [0.3, 0.4) is 0 Å². The molecular weight excluding hydrogens is 418 g/mol. The molecule has 0 atom stereocenters. The Bertz CT molecular complexity index is 1090. The van der Waals surface area contributed by atoms with Gasteiger partial charge in [-0.3, -0.25) is 9.59 Å². The minimum atomic E-state index is -0.723. The molecule has 1 aliphatic carbocycles. The van der Waals surface area contributed by atoms with Gasteiger partial charge in [-0.2, -0.15) is 0 Å². The summed E-state index contributed by atoms with van der Waals surface area (Å²) in [6, 6.07) is 18.9. The third kappa shape index (κ3) is 4.94. The van der Waals surface area contributed by atoms with E-state index in [0.717, 1.165) is 35.3 Å². The van der Waals surface area contributed by atoms with Crippen molar-refractivity contribution >= 4 is 23.2 Å². The van der Waals surface area contributed by atoms with Crippen LogP contribution in [0.4, 0.5) is 0 Å². The molecule has 166 valence electrons. The van der Waals surface area contributed by atoms with Crippen molar-refractivity contribution in [3.8, 4) is 11.1 Å². The Morgan fingerprint density at radius 1 is 0.906 bits per heavy atom. The lowest BCUT2D eigenvalue weighted by Crippen LogP contribution is -2.39. The first-order chi connectivity index (χ1) is 15.4. The normalized spacial score (nSPS) is 18.3. The quantitative estimate of drug-likeness (QED) is 0.487. The number of carboxylic acid groups (broad SMARTS) is 1. The molecule has 1 aliphatic rings. The van der Waals surface area contributed by atoms with Gasteiger partial charge in [-0.25, -0.2) is 0 Å². The van der Waals surface area contributed by atoms with Crippen LogP contribution in [0.25, 0.3) is 11.1 Å². The molecule has 0 unspecified atom stereocenters. The number of thiophene rings is 1. The van der Waals surface area contributed by atoms with Gasteiger partial charge < -0.3 is 10.4 Å². The van der Waals surface area contributed by atoms with Crippen molar-refractivity contribution in [1.29, 1.82) is 0 Å². The molecular formula is C27H29NO3S. The highest BCUT2D eigenvalue weighted by Gasteiger charge is 2.28. The Labute approximate surface area is 193 Å². The van der Waals surface area contributed by atoms with Crippen molar-refractivity contribution in [2.45, 2.75) is 52.0 Å². The van der Waals surface area contributed by atoms with Gasteiger partial charge in [-0.1, -0.05) is 54.6 Å². The molecule has 1 heterocycles. The van der Waals surface area contributed by atoms with E-state index in [9.17, 15) is 14.7 Å². The van der Waals surface area contributed by atoms with Gasteiger partial charge in [0.1, 0.15) is 0 Å². The molecule has 0 aliphatic heterocycles. The third-order valence-corrected chi connectivity index (χ3v) is 7.53. The summed E-state index contributed by atoms with van der Waals surface area (Å²) in [4.78, 5) is 26.6. The number of benzene rings is 2. The van der Waals surface area contributed by atoms with E-state index in [1.807, 2.05) is 25.1 Å². The first-order valence-electron chi connectivity index (χ1n) is 11.2. The van der Waals surface area contributed by atoms with Gasteiger partial charge >= 0.3 is 5.97 Å². The van der Waals surface area contributed by atoms with Gasteiger partial charge in [0, 0.05) is 15.8 Å². The minimum Gasteiger partial charge on any atom is -0.481 e. The second-order valence-electron chi connectivity index (χ2n) is 8.67. The molecule has 5 heteroatoms.